The molecule has 0 radical (unpaired) electrons. The van der Waals surface area contributed by atoms with E-state index in [4.69, 9.17) is 0 Å². The molecule has 0 fully saturated rings. The molecule has 0 aromatic carbocycles. The van der Waals surface area contributed by atoms with Crippen molar-refractivity contribution in [2.24, 2.45) is 0 Å². The van der Waals surface area contributed by atoms with Crippen LogP contribution in [0.5, 0.6) is 0 Å². The normalized spacial score (nSPS) is 9.47. The predicted molar refractivity (Wildman–Crippen MR) is 79.3 cm³/mol. The van der Waals surface area contributed by atoms with Crippen LogP contribution in [0.15, 0.2) is 42.3 Å². The van der Waals surface area contributed by atoms with Gasteiger partial charge in [0.05, 0.1) is 0 Å². The van der Waals surface area contributed by atoms with E-state index in [0.29, 0.717) is 0 Å². The van der Waals surface area contributed by atoms with E-state index >= 15 is 0 Å². The van der Waals surface area contributed by atoms with Crippen molar-refractivity contribution in [1.29, 1.82) is 0 Å². The second kappa shape index (κ2) is 11.1. The van der Waals surface area contributed by atoms with Crippen molar-refractivity contribution in [2.75, 3.05) is 0 Å². The molecule has 0 aliphatic carbocycles. The summed E-state index contributed by atoms with van der Waals surface area (Å²) in [5.41, 5.74) is 5.00. The zero-order chi connectivity index (χ0) is 13.8. The van der Waals surface area contributed by atoms with Crippen LogP contribution in [-0.4, -0.2) is 4.98 Å². The van der Waals surface area contributed by atoms with Crippen LogP contribution >= 0.6 is 0 Å². The number of pyridine rings is 1. The van der Waals surface area contributed by atoms with Gasteiger partial charge in [-0.15, -0.1) is 0 Å². The molecule has 0 unspecified atom stereocenters. The molecule has 1 aromatic heterocycles. The van der Waals surface area contributed by atoms with Crippen molar-refractivity contribution >= 4 is 0 Å². The van der Waals surface area contributed by atoms with Crippen molar-refractivity contribution in [2.45, 2.75) is 48.5 Å². The number of hydrogen-bond acceptors (Lipinski definition) is 1. The molecule has 0 aliphatic rings. The van der Waals surface area contributed by atoms with Crippen LogP contribution in [-0.2, 0) is 0 Å². The maximum absolute atomic E-state index is 3.95. The standard InChI is InChI=1S/C7H9N.C7H12.C2H6/c1-6-3-4-8-5-7(6)2;1-5-7(4)6(2)3;1-2/h3-5H,1-2H3;5H,2H2,1,3-4H3;1-2H3/b;7-5-;. The van der Waals surface area contributed by atoms with Gasteiger partial charge in [0.2, 0.25) is 0 Å². The highest BCUT2D eigenvalue weighted by Crippen LogP contribution is 2.02. The molecule has 96 valence electrons. The fraction of sp³-hybridized carbons (Fsp3) is 0.438. The zero-order valence-electron chi connectivity index (χ0n) is 12.5. The minimum absolute atomic E-state index is 1.16. The molecular formula is C16H27N. The van der Waals surface area contributed by atoms with Crippen molar-refractivity contribution < 1.29 is 0 Å². The maximum Gasteiger partial charge on any atom is 0.0299 e. The minimum atomic E-state index is 1.16. The van der Waals surface area contributed by atoms with Gasteiger partial charge in [-0.05, 0) is 51.8 Å². The van der Waals surface area contributed by atoms with Gasteiger partial charge in [-0.3, -0.25) is 4.98 Å². The summed E-state index contributed by atoms with van der Waals surface area (Å²) in [5, 5.41) is 0. The Hall–Kier alpha value is -1.37. The van der Waals surface area contributed by atoms with Gasteiger partial charge in [0.1, 0.15) is 0 Å². The highest BCUT2D eigenvalue weighted by Gasteiger charge is 1.85. The first kappa shape index (κ1) is 18.0. The summed E-state index contributed by atoms with van der Waals surface area (Å²) in [6, 6.07) is 2.01. The lowest BCUT2D eigenvalue weighted by Crippen LogP contribution is -1.78. The Morgan fingerprint density at radius 2 is 1.71 bits per heavy atom. The van der Waals surface area contributed by atoms with Crippen molar-refractivity contribution in [1.82, 2.24) is 4.98 Å². The summed E-state index contributed by atoms with van der Waals surface area (Å²) < 4.78 is 0. The molecule has 1 aromatic rings. The first-order valence-electron chi connectivity index (χ1n) is 6.15. The zero-order valence-corrected chi connectivity index (χ0v) is 12.5. The van der Waals surface area contributed by atoms with Gasteiger partial charge in [-0.2, -0.15) is 0 Å². The first-order valence-corrected chi connectivity index (χ1v) is 6.15. The molecule has 17 heavy (non-hydrogen) atoms. The molecule has 1 heterocycles. The Labute approximate surface area is 107 Å². The van der Waals surface area contributed by atoms with Crippen LogP contribution < -0.4 is 0 Å². The summed E-state index contributed by atoms with van der Waals surface area (Å²) in [4.78, 5) is 3.95. The average molecular weight is 233 g/mol. The Kier molecular flexibility index (Phi) is 11.8. The lowest BCUT2D eigenvalue weighted by atomic mass is 10.2. The van der Waals surface area contributed by atoms with E-state index in [1.807, 2.05) is 46.2 Å². The van der Waals surface area contributed by atoms with Crippen LogP contribution in [0.4, 0.5) is 0 Å². The molecule has 0 saturated carbocycles. The summed E-state index contributed by atoms with van der Waals surface area (Å²) in [6.07, 6.45) is 5.74. The predicted octanol–water partition coefficient (Wildman–Crippen LogP) is 5.25. The van der Waals surface area contributed by atoms with E-state index in [0.717, 1.165) is 5.57 Å². The lowest BCUT2D eigenvalue weighted by molar-refractivity contribution is 1.22. The molecule has 1 heteroatoms. The summed E-state index contributed by atoms with van der Waals surface area (Å²) >= 11 is 0. The number of aromatic nitrogens is 1. The average Bonchev–Trinajstić information content (AvgIpc) is 2.35. The highest BCUT2D eigenvalue weighted by atomic mass is 14.6. The quantitative estimate of drug-likeness (QED) is 0.603. The third-order valence-electron chi connectivity index (χ3n) is 2.41. The van der Waals surface area contributed by atoms with E-state index in [-0.39, 0.29) is 0 Å². The molecule has 0 amide bonds. The van der Waals surface area contributed by atoms with Crippen LogP contribution in [0, 0.1) is 13.8 Å². The maximum atomic E-state index is 3.95. The number of allylic oxidation sites excluding steroid dienone is 3. The fourth-order valence-electron chi connectivity index (χ4n) is 0.789. The molecule has 0 spiro atoms. The van der Waals surface area contributed by atoms with Gasteiger partial charge in [0, 0.05) is 12.4 Å². The van der Waals surface area contributed by atoms with Crippen molar-refractivity contribution in [3.05, 3.63) is 53.4 Å². The third kappa shape index (κ3) is 9.55. The van der Waals surface area contributed by atoms with E-state index < -0.39 is 0 Å². The van der Waals surface area contributed by atoms with Gasteiger partial charge < -0.3 is 0 Å². The summed E-state index contributed by atoms with van der Waals surface area (Å²) in [6.45, 7) is 18.0. The van der Waals surface area contributed by atoms with Crippen molar-refractivity contribution in [3.8, 4) is 0 Å². The van der Waals surface area contributed by atoms with Gasteiger partial charge in [-0.1, -0.05) is 37.6 Å². The molecule has 0 atom stereocenters. The molecule has 1 rings (SSSR count). The number of hydrogen-bond donors (Lipinski definition) is 0. The minimum Gasteiger partial charge on any atom is -0.264 e. The van der Waals surface area contributed by atoms with Gasteiger partial charge >= 0.3 is 0 Å². The third-order valence-corrected chi connectivity index (χ3v) is 2.41. The SMILES string of the molecule is C=C(C)/C(C)=C\C.CC.Cc1ccncc1C. The van der Waals surface area contributed by atoms with Crippen LogP contribution in [0.25, 0.3) is 0 Å². The number of nitrogens with zero attached hydrogens (tertiary/aromatic N) is 1. The topological polar surface area (TPSA) is 12.9 Å². The van der Waals surface area contributed by atoms with E-state index in [1.165, 1.54) is 16.7 Å². The second-order valence-corrected chi connectivity index (χ2v) is 3.71. The fourth-order valence-corrected chi connectivity index (χ4v) is 0.789. The van der Waals surface area contributed by atoms with Crippen LogP contribution in [0.2, 0.25) is 0 Å². The Morgan fingerprint density at radius 3 is 1.88 bits per heavy atom. The highest BCUT2D eigenvalue weighted by molar-refractivity contribution is 5.22. The Balaban J connectivity index is 0. The smallest absolute Gasteiger partial charge is 0.0299 e. The van der Waals surface area contributed by atoms with Crippen LogP contribution in [0.1, 0.15) is 45.7 Å². The van der Waals surface area contributed by atoms with E-state index in [9.17, 15) is 0 Å². The molecular weight excluding hydrogens is 206 g/mol. The van der Waals surface area contributed by atoms with Gasteiger partial charge in [0.25, 0.3) is 0 Å². The summed E-state index contributed by atoms with van der Waals surface area (Å²) in [7, 11) is 0. The lowest BCUT2D eigenvalue weighted by Gasteiger charge is -1.92. The van der Waals surface area contributed by atoms with E-state index in [2.05, 4.69) is 38.4 Å². The van der Waals surface area contributed by atoms with E-state index in [1.54, 1.807) is 0 Å². The van der Waals surface area contributed by atoms with Gasteiger partial charge in [-0.25, -0.2) is 0 Å². The van der Waals surface area contributed by atoms with Crippen LogP contribution in [0.3, 0.4) is 0 Å². The molecule has 0 bridgehead atoms. The first-order chi connectivity index (χ1) is 7.99. The largest absolute Gasteiger partial charge is 0.264 e. The number of rotatable bonds is 1. The number of aryl methyl sites for hydroxylation is 2. The molecule has 1 nitrogen and oxygen atoms in total. The van der Waals surface area contributed by atoms with Gasteiger partial charge in [0.15, 0.2) is 0 Å². The molecule has 0 saturated heterocycles. The second-order valence-electron chi connectivity index (χ2n) is 3.71. The summed E-state index contributed by atoms with van der Waals surface area (Å²) in [5.74, 6) is 0. The Bertz CT molecular complexity index is 327. The van der Waals surface area contributed by atoms with Crippen molar-refractivity contribution in [3.63, 3.8) is 0 Å². The Morgan fingerprint density at radius 1 is 1.18 bits per heavy atom. The monoisotopic (exact) mass is 233 g/mol. The molecule has 0 N–H and O–H groups in total. The molecule has 0 aliphatic heterocycles.